The van der Waals surface area contributed by atoms with Crippen LogP contribution in [0.5, 0.6) is 0 Å². The smallest absolute Gasteiger partial charge is 0.264 e. The summed E-state index contributed by atoms with van der Waals surface area (Å²) in [5.74, 6) is -0.726. The first-order valence-corrected chi connectivity index (χ1v) is 14.4. The van der Waals surface area contributed by atoms with E-state index in [1.54, 1.807) is 72.8 Å². The van der Waals surface area contributed by atoms with Gasteiger partial charge in [0.25, 0.3) is 21.8 Å². The summed E-state index contributed by atoms with van der Waals surface area (Å²) in [5.41, 5.74) is 2.42. The van der Waals surface area contributed by atoms with Crippen molar-refractivity contribution in [3.63, 3.8) is 0 Å². The van der Waals surface area contributed by atoms with Crippen LogP contribution in [-0.2, 0) is 16.6 Å². The van der Waals surface area contributed by atoms with Crippen molar-refractivity contribution in [2.75, 3.05) is 22.9 Å². The van der Waals surface area contributed by atoms with Gasteiger partial charge in [-0.3, -0.25) is 13.9 Å². The van der Waals surface area contributed by atoms with E-state index in [1.807, 2.05) is 36.6 Å². The summed E-state index contributed by atoms with van der Waals surface area (Å²) < 4.78 is 27.3. The molecule has 0 atom stereocenters. The van der Waals surface area contributed by atoms with Crippen molar-refractivity contribution in [3.05, 3.63) is 120 Å². The van der Waals surface area contributed by atoms with Gasteiger partial charge in [-0.2, -0.15) is 0 Å². The standard InChI is InChI=1S/C29H27N3O4S2/c1-32(38(35,36)25-18-16-24(37-2)17-19-25)23-14-12-22(13-15-23)28(33)31-27-11-7-6-10-26(27)29(34)30-20-21-8-4-3-5-9-21/h3-19H,20H2,1-2H3,(H,30,34)(H,31,33). The highest BCUT2D eigenvalue weighted by Gasteiger charge is 2.22. The Morgan fingerprint density at radius 1 is 0.789 bits per heavy atom. The summed E-state index contributed by atoms with van der Waals surface area (Å²) in [6, 6.07) is 29.2. The quantitative estimate of drug-likeness (QED) is 0.274. The Balaban J connectivity index is 1.45. The van der Waals surface area contributed by atoms with Crippen LogP contribution in [-0.4, -0.2) is 33.5 Å². The van der Waals surface area contributed by atoms with Crippen LogP contribution in [0.25, 0.3) is 0 Å². The van der Waals surface area contributed by atoms with Crippen LogP contribution in [0.4, 0.5) is 11.4 Å². The number of amides is 2. The molecule has 7 nitrogen and oxygen atoms in total. The average Bonchev–Trinajstić information content (AvgIpc) is 2.96. The van der Waals surface area contributed by atoms with E-state index in [1.165, 1.54) is 23.1 Å². The van der Waals surface area contributed by atoms with Gasteiger partial charge in [-0.05, 0) is 72.5 Å². The monoisotopic (exact) mass is 545 g/mol. The highest BCUT2D eigenvalue weighted by Crippen LogP contribution is 2.25. The third-order valence-electron chi connectivity index (χ3n) is 5.93. The molecule has 0 aliphatic rings. The first-order chi connectivity index (χ1) is 18.3. The summed E-state index contributed by atoms with van der Waals surface area (Å²) in [6.07, 6.45) is 1.92. The minimum atomic E-state index is -3.76. The van der Waals surface area contributed by atoms with Crippen LogP contribution in [0.2, 0.25) is 0 Å². The molecule has 9 heteroatoms. The molecule has 0 radical (unpaired) electrons. The number of carbonyl (C=O) groups excluding carboxylic acids is 2. The van der Waals surface area contributed by atoms with E-state index in [9.17, 15) is 18.0 Å². The van der Waals surface area contributed by atoms with Gasteiger partial charge >= 0.3 is 0 Å². The molecule has 38 heavy (non-hydrogen) atoms. The normalized spacial score (nSPS) is 11.0. The Hall–Kier alpha value is -4.08. The van der Waals surface area contributed by atoms with E-state index in [0.29, 0.717) is 29.0 Å². The number of thioether (sulfide) groups is 1. The van der Waals surface area contributed by atoms with Gasteiger partial charge in [0.1, 0.15) is 0 Å². The van der Waals surface area contributed by atoms with E-state index in [2.05, 4.69) is 10.6 Å². The van der Waals surface area contributed by atoms with Crippen molar-refractivity contribution >= 4 is 45.0 Å². The Bertz CT molecular complexity index is 1520. The summed E-state index contributed by atoms with van der Waals surface area (Å²) in [7, 11) is -2.29. The Kier molecular flexibility index (Phi) is 8.50. The van der Waals surface area contributed by atoms with E-state index in [4.69, 9.17) is 0 Å². The number of benzene rings is 4. The fourth-order valence-corrected chi connectivity index (χ4v) is 5.33. The highest BCUT2D eigenvalue weighted by atomic mass is 32.2. The van der Waals surface area contributed by atoms with Crippen molar-refractivity contribution in [3.8, 4) is 0 Å². The zero-order valence-corrected chi connectivity index (χ0v) is 22.6. The summed E-state index contributed by atoms with van der Waals surface area (Å²) in [6.45, 7) is 0.363. The van der Waals surface area contributed by atoms with Gasteiger partial charge in [0.05, 0.1) is 21.8 Å². The Morgan fingerprint density at radius 2 is 1.42 bits per heavy atom. The van der Waals surface area contributed by atoms with Crippen LogP contribution < -0.4 is 14.9 Å². The number of rotatable bonds is 9. The molecular weight excluding hydrogens is 518 g/mol. The molecule has 0 heterocycles. The predicted molar refractivity (Wildman–Crippen MR) is 152 cm³/mol. The van der Waals surface area contributed by atoms with Crippen molar-refractivity contribution in [2.24, 2.45) is 0 Å². The second kappa shape index (κ2) is 12.0. The molecule has 4 aromatic carbocycles. The topological polar surface area (TPSA) is 95.6 Å². The van der Waals surface area contributed by atoms with Crippen molar-refractivity contribution in [1.29, 1.82) is 0 Å². The number of anilines is 2. The maximum absolute atomic E-state index is 13.0. The largest absolute Gasteiger partial charge is 0.348 e. The maximum Gasteiger partial charge on any atom is 0.264 e. The molecule has 4 rings (SSSR count). The molecule has 2 amide bonds. The minimum absolute atomic E-state index is 0.182. The molecule has 0 aliphatic heterocycles. The Labute approximate surface area is 226 Å². The number of nitrogens with zero attached hydrogens (tertiary/aromatic N) is 1. The summed E-state index contributed by atoms with van der Waals surface area (Å²) in [5, 5.41) is 5.66. The molecule has 0 saturated carbocycles. The molecule has 194 valence electrons. The molecule has 0 aromatic heterocycles. The highest BCUT2D eigenvalue weighted by molar-refractivity contribution is 7.98. The lowest BCUT2D eigenvalue weighted by Gasteiger charge is -2.20. The molecule has 0 bridgehead atoms. The molecule has 0 unspecified atom stereocenters. The van der Waals surface area contributed by atoms with Gasteiger partial charge < -0.3 is 10.6 Å². The van der Waals surface area contributed by atoms with E-state index in [-0.39, 0.29) is 10.8 Å². The molecular formula is C29H27N3O4S2. The minimum Gasteiger partial charge on any atom is -0.348 e. The Morgan fingerprint density at radius 3 is 2.08 bits per heavy atom. The van der Waals surface area contributed by atoms with Gasteiger partial charge in [0, 0.05) is 24.1 Å². The first-order valence-electron chi connectivity index (χ1n) is 11.7. The van der Waals surface area contributed by atoms with Crippen LogP contribution in [0.15, 0.2) is 113 Å². The molecule has 0 saturated heterocycles. The first kappa shape index (κ1) is 27.0. The number of carbonyl (C=O) groups is 2. The number of para-hydroxylation sites is 1. The zero-order valence-electron chi connectivity index (χ0n) is 20.9. The lowest BCUT2D eigenvalue weighted by Crippen LogP contribution is -2.26. The van der Waals surface area contributed by atoms with Crippen molar-refractivity contribution in [2.45, 2.75) is 16.3 Å². The van der Waals surface area contributed by atoms with Crippen LogP contribution in [0.1, 0.15) is 26.3 Å². The van der Waals surface area contributed by atoms with Gasteiger partial charge in [-0.25, -0.2) is 8.42 Å². The van der Waals surface area contributed by atoms with Crippen molar-refractivity contribution in [1.82, 2.24) is 5.32 Å². The lowest BCUT2D eigenvalue weighted by atomic mass is 10.1. The maximum atomic E-state index is 13.0. The van der Waals surface area contributed by atoms with E-state index >= 15 is 0 Å². The summed E-state index contributed by atoms with van der Waals surface area (Å²) in [4.78, 5) is 26.9. The zero-order chi connectivity index (χ0) is 27.1. The third-order valence-corrected chi connectivity index (χ3v) is 8.47. The molecule has 0 spiro atoms. The SMILES string of the molecule is CSc1ccc(S(=O)(=O)N(C)c2ccc(C(=O)Nc3ccccc3C(=O)NCc3ccccc3)cc2)cc1. The number of nitrogens with one attached hydrogen (secondary N) is 2. The molecule has 0 fully saturated rings. The predicted octanol–water partition coefficient (Wildman–Crippen LogP) is 5.42. The van der Waals surface area contributed by atoms with E-state index in [0.717, 1.165) is 10.5 Å². The number of hydrogen-bond acceptors (Lipinski definition) is 5. The number of sulfonamides is 1. The number of hydrogen-bond donors (Lipinski definition) is 2. The van der Waals surface area contributed by atoms with Gasteiger partial charge in [-0.15, -0.1) is 11.8 Å². The summed E-state index contributed by atoms with van der Waals surface area (Å²) >= 11 is 1.53. The van der Waals surface area contributed by atoms with Crippen molar-refractivity contribution < 1.29 is 18.0 Å². The lowest BCUT2D eigenvalue weighted by molar-refractivity contribution is 0.0951. The molecule has 2 N–H and O–H groups in total. The fourth-order valence-electron chi connectivity index (χ4n) is 3.73. The second-order valence-corrected chi connectivity index (χ2v) is 11.2. The second-order valence-electron chi connectivity index (χ2n) is 8.36. The van der Waals surface area contributed by atoms with E-state index < -0.39 is 15.9 Å². The van der Waals surface area contributed by atoms with Crippen LogP contribution >= 0.6 is 11.8 Å². The van der Waals surface area contributed by atoms with Gasteiger partial charge in [-0.1, -0.05) is 42.5 Å². The average molecular weight is 546 g/mol. The van der Waals surface area contributed by atoms with Gasteiger partial charge in [0.2, 0.25) is 0 Å². The third kappa shape index (κ3) is 6.24. The van der Waals surface area contributed by atoms with Gasteiger partial charge in [0.15, 0.2) is 0 Å². The molecule has 4 aromatic rings. The van der Waals surface area contributed by atoms with Crippen LogP contribution in [0, 0.1) is 0 Å². The molecule has 0 aliphatic carbocycles. The fraction of sp³-hybridized carbons (Fsp3) is 0.103. The van der Waals surface area contributed by atoms with Crippen LogP contribution in [0.3, 0.4) is 0 Å².